The molecule has 0 bridgehead atoms. The zero-order valence-corrected chi connectivity index (χ0v) is 15.4. The molecule has 7 heteroatoms. The number of nitrogens with zero attached hydrogens (tertiary/aromatic N) is 3. The number of thiophene rings is 1. The van der Waals surface area contributed by atoms with Gasteiger partial charge in [-0.25, -0.2) is 10.1 Å². The van der Waals surface area contributed by atoms with Gasteiger partial charge < -0.3 is 0 Å². The second-order valence-electron chi connectivity index (χ2n) is 5.61. The van der Waals surface area contributed by atoms with Crippen LogP contribution in [0.1, 0.15) is 32.1 Å². The Kier molecular flexibility index (Phi) is 5.31. The molecule has 25 heavy (non-hydrogen) atoms. The van der Waals surface area contributed by atoms with Crippen LogP contribution >= 0.6 is 22.9 Å². The third-order valence-electron chi connectivity index (χ3n) is 3.67. The molecule has 0 fully saturated rings. The number of aryl methyl sites for hydroxylation is 2. The minimum atomic E-state index is -0.243. The lowest BCUT2D eigenvalue weighted by atomic mass is 10.1. The topological polar surface area (TPSA) is 59.3 Å². The first-order chi connectivity index (χ1) is 12.0. The average Bonchev–Trinajstić information content (AvgIpc) is 3.21. The molecule has 5 nitrogen and oxygen atoms in total. The van der Waals surface area contributed by atoms with Crippen LogP contribution in [0.4, 0.5) is 0 Å². The number of aromatic nitrogens is 2. The molecule has 128 valence electrons. The second kappa shape index (κ2) is 7.63. The Morgan fingerprint density at radius 1 is 1.32 bits per heavy atom. The maximum Gasteiger partial charge on any atom is 0.281 e. The number of benzene rings is 1. The smallest absolute Gasteiger partial charge is 0.266 e. The third-order valence-corrected chi connectivity index (χ3v) is 4.93. The average molecular weight is 373 g/mol. The Bertz CT molecular complexity index is 898. The van der Waals surface area contributed by atoms with Crippen molar-refractivity contribution in [3.05, 3.63) is 74.2 Å². The largest absolute Gasteiger partial charge is 0.281 e. The first kappa shape index (κ1) is 17.4. The molecule has 3 rings (SSSR count). The molecule has 0 radical (unpaired) electrons. The summed E-state index contributed by atoms with van der Waals surface area (Å²) in [6.45, 7) is 4.49. The lowest BCUT2D eigenvalue weighted by Crippen LogP contribution is -2.16. The van der Waals surface area contributed by atoms with Gasteiger partial charge in [-0.05, 0) is 30.9 Å². The molecular weight excluding hydrogens is 356 g/mol. The summed E-state index contributed by atoms with van der Waals surface area (Å²) < 4.78 is 1.73. The van der Waals surface area contributed by atoms with Crippen molar-refractivity contribution in [1.29, 1.82) is 0 Å². The number of hydrogen-bond acceptors (Lipinski definition) is 4. The maximum atomic E-state index is 11.9. The van der Waals surface area contributed by atoms with Crippen molar-refractivity contribution in [3.8, 4) is 0 Å². The summed E-state index contributed by atoms with van der Waals surface area (Å²) in [6.07, 6.45) is 1.53. The van der Waals surface area contributed by atoms with Crippen LogP contribution in [0.2, 0.25) is 5.15 Å². The molecule has 0 saturated heterocycles. The number of rotatable bonds is 5. The molecule has 2 aromatic heterocycles. The number of nitrogens with one attached hydrogen (secondary N) is 1. The Morgan fingerprint density at radius 3 is 2.76 bits per heavy atom. The lowest BCUT2D eigenvalue weighted by molar-refractivity contribution is 0.0959. The quantitative estimate of drug-likeness (QED) is 0.543. The van der Waals surface area contributed by atoms with E-state index >= 15 is 0 Å². The first-order valence-corrected chi connectivity index (χ1v) is 8.95. The van der Waals surface area contributed by atoms with E-state index in [1.807, 2.05) is 25.3 Å². The fourth-order valence-corrected chi connectivity index (χ4v) is 3.20. The van der Waals surface area contributed by atoms with Crippen LogP contribution in [0.5, 0.6) is 0 Å². The van der Waals surface area contributed by atoms with Gasteiger partial charge in [0.2, 0.25) is 0 Å². The Labute approximate surface area is 154 Å². The highest BCUT2D eigenvalue weighted by atomic mass is 35.5. The molecule has 1 aromatic carbocycles. The van der Waals surface area contributed by atoms with Gasteiger partial charge in [0, 0.05) is 0 Å². The standard InChI is InChI=1S/C18H17ClN4OS/c1-12-5-7-14(8-6-12)11-23-17(19)15(13(2)22-23)10-20-21-18(24)16-4-3-9-25-16/h3-10H,11H2,1-2H3,(H,21,24)/b20-10-. The molecule has 0 aliphatic carbocycles. The van der Waals surface area contributed by atoms with Crippen LogP contribution in [-0.4, -0.2) is 21.9 Å². The van der Waals surface area contributed by atoms with Crippen molar-refractivity contribution in [3.63, 3.8) is 0 Å². The summed E-state index contributed by atoms with van der Waals surface area (Å²) >= 11 is 7.79. The van der Waals surface area contributed by atoms with Crippen molar-refractivity contribution < 1.29 is 4.79 Å². The second-order valence-corrected chi connectivity index (χ2v) is 6.92. The number of hydrogen-bond donors (Lipinski definition) is 1. The highest BCUT2D eigenvalue weighted by Crippen LogP contribution is 2.19. The van der Waals surface area contributed by atoms with Crippen molar-refractivity contribution in [2.24, 2.45) is 5.10 Å². The highest BCUT2D eigenvalue weighted by molar-refractivity contribution is 7.12. The Balaban J connectivity index is 1.72. The van der Waals surface area contributed by atoms with E-state index in [0.717, 1.165) is 11.3 Å². The van der Waals surface area contributed by atoms with E-state index in [-0.39, 0.29) is 5.91 Å². The number of carbonyl (C=O) groups is 1. The van der Waals surface area contributed by atoms with Crippen molar-refractivity contribution in [1.82, 2.24) is 15.2 Å². The fourth-order valence-electron chi connectivity index (χ4n) is 2.30. The molecule has 2 heterocycles. The van der Waals surface area contributed by atoms with E-state index in [2.05, 4.69) is 39.9 Å². The van der Waals surface area contributed by atoms with Crippen molar-refractivity contribution >= 4 is 35.1 Å². The molecule has 0 aliphatic rings. The van der Waals surface area contributed by atoms with Gasteiger partial charge in [0.25, 0.3) is 5.91 Å². The van der Waals surface area contributed by atoms with Crippen LogP contribution < -0.4 is 5.43 Å². The summed E-state index contributed by atoms with van der Waals surface area (Å²) in [5, 5.41) is 10.8. The predicted octanol–water partition coefficient (Wildman–Crippen LogP) is 4.03. The maximum absolute atomic E-state index is 11.9. The van der Waals surface area contributed by atoms with Gasteiger partial charge in [0.1, 0.15) is 5.15 Å². The third kappa shape index (κ3) is 4.15. The normalized spacial score (nSPS) is 11.2. The van der Waals surface area contributed by atoms with Crippen LogP contribution in [0.25, 0.3) is 0 Å². The zero-order valence-electron chi connectivity index (χ0n) is 13.9. The minimum absolute atomic E-state index is 0.243. The number of amides is 1. The van der Waals surface area contributed by atoms with Gasteiger partial charge in [-0.15, -0.1) is 11.3 Å². The lowest BCUT2D eigenvalue weighted by Gasteiger charge is -2.04. The molecular formula is C18H17ClN4OS. The van der Waals surface area contributed by atoms with Crippen LogP contribution in [-0.2, 0) is 6.54 Å². The first-order valence-electron chi connectivity index (χ1n) is 7.70. The monoisotopic (exact) mass is 372 g/mol. The Hall–Kier alpha value is -2.44. The minimum Gasteiger partial charge on any atom is -0.266 e. The predicted molar refractivity (Wildman–Crippen MR) is 102 cm³/mol. The number of halogens is 1. The van der Waals surface area contributed by atoms with Gasteiger partial charge >= 0.3 is 0 Å². The molecule has 0 aliphatic heterocycles. The van der Waals surface area contributed by atoms with E-state index in [1.165, 1.54) is 23.1 Å². The van der Waals surface area contributed by atoms with Gasteiger partial charge in [-0.1, -0.05) is 47.5 Å². The SMILES string of the molecule is Cc1ccc(Cn2nc(C)c(/C=N\NC(=O)c3cccs3)c2Cl)cc1. The van der Waals surface area contributed by atoms with Crippen molar-refractivity contribution in [2.45, 2.75) is 20.4 Å². The zero-order chi connectivity index (χ0) is 17.8. The number of hydrazone groups is 1. The van der Waals surface area contributed by atoms with Crippen LogP contribution in [0.3, 0.4) is 0 Å². The molecule has 0 unspecified atom stereocenters. The van der Waals surface area contributed by atoms with Gasteiger partial charge in [0.15, 0.2) is 0 Å². The summed E-state index contributed by atoms with van der Waals surface area (Å²) in [5.41, 5.74) is 6.27. The molecule has 0 saturated carbocycles. The summed E-state index contributed by atoms with van der Waals surface area (Å²) in [7, 11) is 0. The van der Waals surface area contributed by atoms with E-state index in [4.69, 9.17) is 11.6 Å². The molecule has 1 amide bonds. The summed E-state index contributed by atoms with van der Waals surface area (Å²) in [5.74, 6) is -0.243. The van der Waals surface area contributed by atoms with E-state index in [9.17, 15) is 4.79 Å². The van der Waals surface area contributed by atoms with Gasteiger partial charge in [0.05, 0.1) is 28.9 Å². The van der Waals surface area contributed by atoms with E-state index < -0.39 is 0 Å². The van der Waals surface area contributed by atoms with E-state index in [1.54, 1.807) is 10.7 Å². The fraction of sp³-hybridized carbons (Fsp3) is 0.167. The summed E-state index contributed by atoms with van der Waals surface area (Å²) in [4.78, 5) is 12.5. The van der Waals surface area contributed by atoms with E-state index in [0.29, 0.717) is 22.1 Å². The highest BCUT2D eigenvalue weighted by Gasteiger charge is 2.12. The molecule has 0 spiro atoms. The summed E-state index contributed by atoms with van der Waals surface area (Å²) in [6, 6.07) is 11.8. The molecule has 0 atom stereocenters. The van der Waals surface area contributed by atoms with Crippen LogP contribution in [0, 0.1) is 13.8 Å². The number of carbonyl (C=O) groups excluding carboxylic acids is 1. The van der Waals surface area contributed by atoms with Gasteiger partial charge in [-0.2, -0.15) is 10.2 Å². The van der Waals surface area contributed by atoms with Crippen molar-refractivity contribution in [2.75, 3.05) is 0 Å². The van der Waals surface area contributed by atoms with Crippen LogP contribution in [0.15, 0.2) is 46.9 Å². The van der Waals surface area contributed by atoms with Gasteiger partial charge in [-0.3, -0.25) is 4.79 Å². The Morgan fingerprint density at radius 2 is 2.08 bits per heavy atom. The molecule has 1 N–H and O–H groups in total. The molecule has 3 aromatic rings.